The Morgan fingerprint density at radius 3 is 2.94 bits per heavy atom. The van der Waals surface area contributed by atoms with Gasteiger partial charge in [0.15, 0.2) is 0 Å². The van der Waals surface area contributed by atoms with Crippen molar-refractivity contribution in [1.29, 1.82) is 0 Å². The number of aromatic carboxylic acids is 1. The van der Waals surface area contributed by atoms with Crippen LogP contribution in [0.25, 0.3) is 0 Å². The predicted molar refractivity (Wildman–Crippen MR) is 64.0 cm³/mol. The summed E-state index contributed by atoms with van der Waals surface area (Å²) >= 11 is 0. The van der Waals surface area contributed by atoms with Gasteiger partial charge in [0.2, 0.25) is 0 Å². The maximum Gasteiger partial charge on any atom is 0.337 e. The summed E-state index contributed by atoms with van der Waals surface area (Å²) in [6.45, 7) is 3.85. The van der Waals surface area contributed by atoms with Crippen LogP contribution in [0.4, 0.5) is 10.1 Å². The van der Waals surface area contributed by atoms with Gasteiger partial charge in [-0.15, -0.1) is 0 Å². The molecule has 1 aliphatic heterocycles. The maximum atomic E-state index is 13.1. The Hall–Kier alpha value is -1.58. The third kappa shape index (κ3) is 2.40. The van der Waals surface area contributed by atoms with E-state index in [2.05, 4.69) is 6.92 Å². The average molecular weight is 237 g/mol. The van der Waals surface area contributed by atoms with Crippen LogP contribution < -0.4 is 4.90 Å². The minimum absolute atomic E-state index is 0.0572. The molecule has 0 radical (unpaired) electrons. The molecule has 0 bridgehead atoms. The second-order valence-electron chi connectivity index (χ2n) is 4.48. The number of nitrogens with zero attached hydrogens (tertiary/aromatic N) is 1. The van der Waals surface area contributed by atoms with E-state index in [-0.39, 0.29) is 5.56 Å². The molecule has 92 valence electrons. The van der Waals surface area contributed by atoms with Crippen LogP contribution in [-0.4, -0.2) is 24.2 Å². The lowest BCUT2D eigenvalue weighted by Crippen LogP contribution is -2.22. The Labute approximate surface area is 99.9 Å². The first-order chi connectivity index (χ1) is 8.11. The third-order valence-electron chi connectivity index (χ3n) is 3.39. The van der Waals surface area contributed by atoms with Gasteiger partial charge in [0, 0.05) is 13.1 Å². The summed E-state index contributed by atoms with van der Waals surface area (Å²) < 4.78 is 13.1. The van der Waals surface area contributed by atoms with Gasteiger partial charge < -0.3 is 10.0 Å². The Morgan fingerprint density at radius 1 is 1.59 bits per heavy atom. The number of anilines is 1. The summed E-state index contributed by atoms with van der Waals surface area (Å²) in [4.78, 5) is 13.1. The van der Waals surface area contributed by atoms with Gasteiger partial charge in [0.1, 0.15) is 5.82 Å². The molecule has 3 nitrogen and oxygen atoms in total. The van der Waals surface area contributed by atoms with E-state index >= 15 is 0 Å². The van der Waals surface area contributed by atoms with Gasteiger partial charge in [-0.25, -0.2) is 9.18 Å². The lowest BCUT2D eigenvalue weighted by Gasteiger charge is -2.20. The summed E-state index contributed by atoms with van der Waals surface area (Å²) in [5.41, 5.74) is 0.691. The van der Waals surface area contributed by atoms with E-state index in [9.17, 15) is 9.18 Å². The van der Waals surface area contributed by atoms with Crippen LogP contribution in [0, 0.1) is 11.7 Å². The van der Waals surface area contributed by atoms with E-state index in [1.807, 2.05) is 4.90 Å². The van der Waals surface area contributed by atoms with Crippen molar-refractivity contribution >= 4 is 11.7 Å². The highest BCUT2D eigenvalue weighted by Crippen LogP contribution is 2.28. The van der Waals surface area contributed by atoms with Crippen LogP contribution in [-0.2, 0) is 0 Å². The van der Waals surface area contributed by atoms with Crippen LogP contribution in [0.2, 0.25) is 0 Å². The monoisotopic (exact) mass is 237 g/mol. The zero-order valence-corrected chi connectivity index (χ0v) is 9.82. The third-order valence-corrected chi connectivity index (χ3v) is 3.39. The fourth-order valence-electron chi connectivity index (χ4n) is 2.34. The lowest BCUT2D eigenvalue weighted by molar-refractivity contribution is 0.0697. The molecule has 0 aromatic heterocycles. The molecule has 17 heavy (non-hydrogen) atoms. The van der Waals surface area contributed by atoms with E-state index in [1.54, 1.807) is 6.07 Å². The number of rotatable bonds is 3. The van der Waals surface area contributed by atoms with E-state index in [1.165, 1.54) is 6.07 Å². The molecule has 1 heterocycles. The minimum Gasteiger partial charge on any atom is -0.478 e. The first kappa shape index (κ1) is 11.9. The second-order valence-corrected chi connectivity index (χ2v) is 4.48. The Bertz CT molecular complexity index is 433. The van der Waals surface area contributed by atoms with Gasteiger partial charge in [-0.1, -0.05) is 13.3 Å². The molecule has 1 unspecified atom stereocenters. The van der Waals surface area contributed by atoms with Gasteiger partial charge in [-0.2, -0.15) is 0 Å². The second kappa shape index (κ2) is 4.73. The van der Waals surface area contributed by atoms with Crippen molar-refractivity contribution in [3.63, 3.8) is 0 Å². The summed E-state index contributed by atoms with van der Waals surface area (Å²) in [5.74, 6) is -0.960. The van der Waals surface area contributed by atoms with E-state index < -0.39 is 11.8 Å². The fraction of sp³-hybridized carbons (Fsp3) is 0.462. The molecule has 1 aromatic rings. The van der Waals surface area contributed by atoms with Crippen molar-refractivity contribution < 1.29 is 14.3 Å². The molecule has 1 fully saturated rings. The van der Waals surface area contributed by atoms with Gasteiger partial charge in [0.05, 0.1) is 11.3 Å². The Kier molecular flexibility index (Phi) is 3.31. The van der Waals surface area contributed by atoms with Crippen molar-refractivity contribution in [1.82, 2.24) is 0 Å². The van der Waals surface area contributed by atoms with Crippen LogP contribution in [0.3, 0.4) is 0 Å². The largest absolute Gasteiger partial charge is 0.478 e. The predicted octanol–water partition coefficient (Wildman–Crippen LogP) is 2.76. The summed E-state index contributed by atoms with van der Waals surface area (Å²) in [7, 11) is 0. The van der Waals surface area contributed by atoms with Crippen molar-refractivity contribution in [3.05, 3.63) is 29.6 Å². The molecular weight excluding hydrogens is 221 g/mol. The van der Waals surface area contributed by atoms with Crippen molar-refractivity contribution in [2.45, 2.75) is 19.8 Å². The first-order valence-corrected chi connectivity index (χ1v) is 5.89. The van der Waals surface area contributed by atoms with Crippen LogP contribution in [0.1, 0.15) is 30.1 Å². The normalized spacial score (nSPS) is 19.6. The van der Waals surface area contributed by atoms with Crippen LogP contribution in [0.5, 0.6) is 0 Å². The molecule has 2 rings (SSSR count). The lowest BCUT2D eigenvalue weighted by atomic mass is 10.1. The number of carboxylic acids is 1. The van der Waals surface area contributed by atoms with E-state index in [0.29, 0.717) is 11.6 Å². The molecule has 1 atom stereocenters. The maximum absolute atomic E-state index is 13.1. The van der Waals surface area contributed by atoms with Gasteiger partial charge in [-0.3, -0.25) is 0 Å². The van der Waals surface area contributed by atoms with Gasteiger partial charge >= 0.3 is 5.97 Å². The Balaban J connectivity index is 2.29. The molecular formula is C13H16FNO2. The van der Waals surface area contributed by atoms with E-state index in [0.717, 1.165) is 32.0 Å². The Morgan fingerprint density at radius 2 is 2.35 bits per heavy atom. The smallest absolute Gasteiger partial charge is 0.337 e. The SMILES string of the molecule is CCC1CCN(c2ccc(F)cc2C(=O)O)C1. The number of hydrogen-bond donors (Lipinski definition) is 1. The van der Waals surface area contributed by atoms with Crippen molar-refractivity contribution in [2.75, 3.05) is 18.0 Å². The summed E-state index contributed by atoms with van der Waals surface area (Å²) in [5, 5.41) is 9.08. The number of benzene rings is 1. The molecule has 0 saturated carbocycles. The zero-order valence-electron chi connectivity index (χ0n) is 9.82. The molecule has 1 saturated heterocycles. The molecule has 1 aromatic carbocycles. The number of hydrogen-bond acceptors (Lipinski definition) is 2. The quantitative estimate of drug-likeness (QED) is 0.878. The number of halogens is 1. The molecule has 0 spiro atoms. The molecule has 1 aliphatic rings. The molecule has 0 aliphatic carbocycles. The van der Waals surface area contributed by atoms with Gasteiger partial charge in [-0.05, 0) is 30.5 Å². The highest BCUT2D eigenvalue weighted by Gasteiger charge is 2.24. The standard InChI is InChI=1S/C13H16FNO2/c1-2-9-5-6-15(8-9)12-4-3-10(14)7-11(12)13(16)17/h3-4,7,9H,2,5-6,8H2,1H3,(H,16,17). The van der Waals surface area contributed by atoms with Gasteiger partial charge in [0.25, 0.3) is 0 Å². The van der Waals surface area contributed by atoms with Crippen molar-refractivity contribution in [3.8, 4) is 0 Å². The molecule has 0 amide bonds. The van der Waals surface area contributed by atoms with Crippen LogP contribution in [0.15, 0.2) is 18.2 Å². The average Bonchev–Trinajstić information content (AvgIpc) is 2.77. The number of carboxylic acid groups (broad SMARTS) is 1. The van der Waals surface area contributed by atoms with Crippen molar-refractivity contribution in [2.24, 2.45) is 5.92 Å². The summed E-state index contributed by atoms with van der Waals surface area (Å²) in [6.07, 6.45) is 2.17. The minimum atomic E-state index is -1.07. The molecule has 1 N–H and O–H groups in total. The van der Waals surface area contributed by atoms with E-state index in [4.69, 9.17) is 5.11 Å². The topological polar surface area (TPSA) is 40.5 Å². The molecule has 4 heteroatoms. The highest BCUT2D eigenvalue weighted by atomic mass is 19.1. The fourth-order valence-corrected chi connectivity index (χ4v) is 2.34. The zero-order chi connectivity index (χ0) is 12.4. The number of carbonyl (C=O) groups is 1. The van der Waals surface area contributed by atoms with Crippen LogP contribution >= 0.6 is 0 Å². The highest BCUT2D eigenvalue weighted by molar-refractivity contribution is 5.94. The first-order valence-electron chi connectivity index (χ1n) is 5.89. The summed E-state index contributed by atoms with van der Waals surface area (Å²) in [6, 6.07) is 3.98.